The third kappa shape index (κ3) is 10.2. The van der Waals surface area contributed by atoms with E-state index in [1.807, 2.05) is 45.5 Å². The molecule has 71 heavy (non-hydrogen) atoms. The molecule has 8 aromatic heterocycles. The maximum absolute atomic E-state index is 6.46. The first kappa shape index (κ1) is 49.7. The highest BCUT2D eigenvalue weighted by molar-refractivity contribution is 5.99. The van der Waals surface area contributed by atoms with Crippen LogP contribution in [0.25, 0.3) is 102 Å². The molecule has 13 nitrogen and oxygen atoms in total. The number of halogens is 3. The number of rotatable bonds is 12. The van der Waals surface area contributed by atoms with Crippen LogP contribution in [-0.2, 0) is 27.7 Å². The summed E-state index contributed by atoms with van der Waals surface area (Å²) in [5.41, 5.74) is 22.8. The molecule has 0 aliphatic carbocycles. The molecule has 0 saturated carbocycles. The number of hydrogen-bond acceptors (Lipinski definition) is 7. The highest BCUT2D eigenvalue weighted by atomic mass is 35.5. The summed E-state index contributed by atoms with van der Waals surface area (Å²) in [6.45, 7) is 1.43. The molecule has 8 bridgehead atoms. The summed E-state index contributed by atoms with van der Waals surface area (Å²) < 4.78 is 14.6. The van der Waals surface area contributed by atoms with E-state index in [2.05, 4.69) is 165 Å². The molecule has 0 saturated heterocycles. The first-order chi connectivity index (χ1) is 33.3. The molecule has 0 fully saturated rings. The number of ether oxygens (including phenoxy) is 1. The number of aromatic amines is 2. The van der Waals surface area contributed by atoms with E-state index in [-0.39, 0.29) is 37.2 Å². The molecule has 0 unspecified atom stereocenters. The lowest BCUT2D eigenvalue weighted by Crippen LogP contribution is -3.00. The van der Waals surface area contributed by atoms with Crippen LogP contribution >= 0.6 is 0 Å². The molecule has 10 heterocycles. The largest absolute Gasteiger partial charge is 1.00 e. The van der Waals surface area contributed by atoms with Crippen LogP contribution in [0, 0.1) is 0 Å². The zero-order valence-electron chi connectivity index (χ0n) is 39.4. The molecular formula is C55H51Cl3N12O. The number of aryl methyl sites for hydroxylation is 4. The molecule has 358 valence electrons. The Morgan fingerprint density at radius 3 is 1.45 bits per heavy atom. The Kier molecular flexibility index (Phi) is 15.1. The van der Waals surface area contributed by atoms with Crippen molar-refractivity contribution in [3.8, 4) is 50.3 Å². The number of pyridine rings is 3. The second-order valence-electron chi connectivity index (χ2n) is 17.4. The third-order valence-corrected chi connectivity index (χ3v) is 12.7. The molecule has 2 aliphatic heterocycles. The van der Waals surface area contributed by atoms with Crippen LogP contribution in [0.1, 0.15) is 48.5 Å². The summed E-state index contributed by atoms with van der Waals surface area (Å²) in [5.74, 6) is 1.22. The topological polar surface area (TPSA) is 148 Å². The van der Waals surface area contributed by atoms with Gasteiger partial charge in [0.2, 0.25) is 0 Å². The predicted octanol–water partition coefficient (Wildman–Crippen LogP) is 0.170. The molecule has 16 heteroatoms. The molecule has 0 amide bonds. The maximum atomic E-state index is 6.46. The van der Waals surface area contributed by atoms with E-state index >= 15 is 0 Å². The average Bonchev–Trinajstić information content (AvgIpc) is 4.22. The number of nitrogens with two attached hydrogens (primary N) is 1. The van der Waals surface area contributed by atoms with E-state index in [1.54, 1.807) is 6.33 Å². The van der Waals surface area contributed by atoms with Gasteiger partial charge in [-0.15, -0.1) is 0 Å². The minimum absolute atomic E-state index is 0. The fraction of sp³-hybridized carbons (Fsp3) is 0.164. The fourth-order valence-electron chi connectivity index (χ4n) is 9.15. The van der Waals surface area contributed by atoms with E-state index in [1.165, 1.54) is 6.33 Å². The minimum atomic E-state index is 0. The van der Waals surface area contributed by atoms with Crippen molar-refractivity contribution in [2.75, 3.05) is 12.3 Å². The van der Waals surface area contributed by atoms with Crippen molar-refractivity contribution in [1.29, 1.82) is 0 Å². The van der Waals surface area contributed by atoms with E-state index in [4.69, 9.17) is 20.4 Å². The number of benzene rings is 1. The smallest absolute Gasteiger partial charge is 0.169 e. The molecule has 0 spiro atoms. The van der Waals surface area contributed by atoms with E-state index in [9.17, 15) is 0 Å². The number of nitrogens with one attached hydrogen (secondary N) is 2. The number of anilines is 1. The fourth-order valence-corrected chi connectivity index (χ4v) is 9.15. The molecule has 2 aliphatic rings. The van der Waals surface area contributed by atoms with Crippen LogP contribution < -0.4 is 61.4 Å². The van der Waals surface area contributed by atoms with E-state index < -0.39 is 0 Å². The van der Waals surface area contributed by atoms with Crippen LogP contribution in [0.5, 0.6) is 5.75 Å². The molecule has 9 aromatic rings. The van der Waals surface area contributed by atoms with E-state index in [0.29, 0.717) is 17.9 Å². The van der Waals surface area contributed by atoms with Gasteiger partial charge in [-0.25, -0.2) is 38.6 Å². The molecule has 0 atom stereocenters. The third-order valence-electron chi connectivity index (χ3n) is 12.7. The van der Waals surface area contributed by atoms with Crippen molar-refractivity contribution in [2.45, 2.75) is 32.2 Å². The standard InChI is InChI=1S/C55H50N12O.3ClH/c1-64-26-19-36(20-27-64)49-41-11-13-43(60-41)50(37-21-28-65(2)29-22-37)45-15-17-47(62-45)52(48-18-16-46(63-48)51(44-14-12-42(49)61-44)38-23-30-66(3)31-24-38)39-9-8-10-40(33-39)68-32-7-5-4-6-25-67-35-59-53-54(56)57-34-58-55(53)67;;;/h8-24,26-31,33-35H,4-7,25,32H2,1-3H3,(H3,56,57,58,60,61,62,63);3*1H/q+2;;;/p-2. The molecule has 1 aromatic carbocycles. The summed E-state index contributed by atoms with van der Waals surface area (Å²) in [7, 11) is 6.10. The molecule has 0 radical (unpaired) electrons. The lowest BCUT2D eigenvalue weighted by molar-refractivity contribution is -0.671. The Morgan fingerprint density at radius 1 is 0.521 bits per heavy atom. The van der Waals surface area contributed by atoms with Crippen molar-refractivity contribution in [2.24, 2.45) is 21.1 Å². The van der Waals surface area contributed by atoms with Gasteiger partial charge >= 0.3 is 0 Å². The quantitative estimate of drug-likeness (QED) is 0.117. The Morgan fingerprint density at radius 2 is 0.972 bits per heavy atom. The van der Waals surface area contributed by atoms with Gasteiger partial charge in [0.1, 0.15) is 38.7 Å². The second kappa shape index (κ2) is 21.5. The first-order valence-corrected chi connectivity index (χ1v) is 23.0. The summed E-state index contributed by atoms with van der Waals surface area (Å²) in [6.07, 6.45) is 28.3. The molecule has 4 N–H and O–H groups in total. The Labute approximate surface area is 429 Å². The highest BCUT2D eigenvalue weighted by Gasteiger charge is 2.20. The van der Waals surface area contributed by atoms with Gasteiger partial charge in [-0.2, -0.15) is 0 Å². The van der Waals surface area contributed by atoms with Gasteiger partial charge in [-0.3, -0.25) is 0 Å². The normalized spacial score (nSPS) is 11.5. The summed E-state index contributed by atoms with van der Waals surface area (Å²) in [4.78, 5) is 31.5. The van der Waals surface area contributed by atoms with Crippen LogP contribution in [0.4, 0.5) is 5.82 Å². The maximum Gasteiger partial charge on any atom is 0.169 e. The number of H-pyrrole nitrogens is 2. The van der Waals surface area contributed by atoms with Crippen molar-refractivity contribution in [1.82, 2.24) is 39.5 Å². The van der Waals surface area contributed by atoms with Crippen molar-refractivity contribution >= 4 is 63.4 Å². The SMILES string of the molecule is C[n+]1ccc(-c2c3nc(c(-c4cc[n+](C)cc4)c4ccc([nH]4)c(-c4cccc(OCCCCCCn5cnc6c(N)ncnc65)c4)c4nc(c(-c5cc[n+](C)cc5)c5ccc2[nH]5)C=C4)C=C3)cc1.[Cl-].[Cl-].[Cl-]. The number of nitrogens with zero attached hydrogens (tertiary/aromatic N) is 9. The Hall–Kier alpha value is -7.71. The summed E-state index contributed by atoms with van der Waals surface area (Å²) in [6, 6.07) is 29.9. The monoisotopic (exact) mass is 1000 g/mol. The minimum Gasteiger partial charge on any atom is -1.00 e. The Bertz CT molecular complexity index is 3560. The van der Waals surface area contributed by atoms with Gasteiger partial charge < -0.3 is 62.2 Å². The Balaban J connectivity index is 0.00000225. The zero-order chi connectivity index (χ0) is 46.1. The number of unbranched alkanes of at least 4 members (excludes halogenated alkanes) is 3. The van der Waals surface area contributed by atoms with Crippen LogP contribution in [-0.4, -0.2) is 46.1 Å². The first-order valence-electron chi connectivity index (χ1n) is 23.0. The van der Waals surface area contributed by atoms with Crippen molar-refractivity contribution in [3.05, 3.63) is 158 Å². The number of aromatic nitrogens is 11. The van der Waals surface area contributed by atoms with Crippen LogP contribution in [0.15, 0.2) is 135 Å². The van der Waals surface area contributed by atoms with Gasteiger partial charge in [0, 0.05) is 87.3 Å². The van der Waals surface area contributed by atoms with Gasteiger partial charge in [-0.05, 0) is 95.8 Å². The van der Waals surface area contributed by atoms with Crippen LogP contribution in [0.3, 0.4) is 0 Å². The lowest BCUT2D eigenvalue weighted by atomic mass is 10.0. The molecular weight excluding hydrogens is 951 g/mol. The van der Waals surface area contributed by atoms with E-state index in [0.717, 1.165) is 133 Å². The number of hydrogen-bond donors (Lipinski definition) is 3. The zero-order valence-corrected chi connectivity index (χ0v) is 41.7. The summed E-state index contributed by atoms with van der Waals surface area (Å²) >= 11 is 0. The van der Waals surface area contributed by atoms with Crippen LogP contribution in [0.2, 0.25) is 0 Å². The number of imidazole rings is 1. The highest BCUT2D eigenvalue weighted by Crippen LogP contribution is 2.38. The predicted molar refractivity (Wildman–Crippen MR) is 268 cm³/mol. The van der Waals surface area contributed by atoms with Crippen molar-refractivity contribution in [3.63, 3.8) is 0 Å². The average molecular weight is 1000 g/mol. The second-order valence-corrected chi connectivity index (χ2v) is 17.4. The van der Waals surface area contributed by atoms with Gasteiger partial charge in [0.25, 0.3) is 0 Å². The number of fused-ring (bicyclic) bond motifs is 9. The van der Waals surface area contributed by atoms with Gasteiger partial charge in [0.05, 0.1) is 35.7 Å². The lowest BCUT2D eigenvalue weighted by Gasteiger charge is -2.10. The summed E-state index contributed by atoms with van der Waals surface area (Å²) in [5, 5.41) is 0. The van der Waals surface area contributed by atoms with Gasteiger partial charge in [0.15, 0.2) is 48.6 Å². The van der Waals surface area contributed by atoms with Gasteiger partial charge in [-0.1, -0.05) is 25.0 Å². The molecule has 11 rings (SSSR count). The van der Waals surface area contributed by atoms with Crippen molar-refractivity contribution < 1.29 is 55.7 Å². The number of nitrogen functional groups attached to an aromatic ring is 1.